The van der Waals surface area contributed by atoms with Crippen LogP contribution in [0.15, 0.2) is 59.2 Å². The van der Waals surface area contributed by atoms with E-state index >= 15 is 0 Å². The van der Waals surface area contributed by atoms with E-state index in [1.165, 1.54) is 6.26 Å². The Morgan fingerprint density at radius 3 is 2.67 bits per heavy atom. The predicted molar refractivity (Wildman–Crippen MR) is 116 cm³/mol. The highest BCUT2D eigenvalue weighted by Gasteiger charge is 2.27. The summed E-state index contributed by atoms with van der Waals surface area (Å²) in [5.74, 6) is -0.255. The van der Waals surface area contributed by atoms with Crippen molar-refractivity contribution in [2.24, 2.45) is 5.73 Å². The molecule has 1 aromatic heterocycles. The summed E-state index contributed by atoms with van der Waals surface area (Å²) < 4.78 is 5.15. The fourth-order valence-corrected chi connectivity index (χ4v) is 3.60. The van der Waals surface area contributed by atoms with Crippen molar-refractivity contribution in [1.82, 2.24) is 5.32 Å². The number of rotatable bonds is 4. The van der Waals surface area contributed by atoms with Crippen LogP contribution in [-0.4, -0.2) is 28.8 Å². The number of nitrogens with zero attached hydrogens (tertiary/aromatic N) is 1. The fraction of sp³-hybridized carbons (Fsp3) is 0.0500. The molecule has 1 aliphatic rings. The Labute approximate surface area is 176 Å². The number of fused-ring (bicyclic) bond motifs is 1. The molecule has 2 heterocycles. The van der Waals surface area contributed by atoms with Crippen LogP contribution in [0.4, 0.5) is 21.9 Å². The topological polar surface area (TPSA) is 133 Å². The number of thiocarbonyl (C=S) groups is 1. The number of carbonyl (C=O) groups is 2. The molecular weight excluding hydrogens is 406 g/mol. The second-order valence-electron chi connectivity index (χ2n) is 6.41. The Kier molecular flexibility index (Phi) is 5.09. The SMILES string of the molecule is NC(=O)NC(=S)c1c(-c2ccccc2NC(=O)c2ccco2)ccc2c1N(O)CN2. The molecule has 0 atom stereocenters. The highest BCUT2D eigenvalue weighted by atomic mass is 32.1. The summed E-state index contributed by atoms with van der Waals surface area (Å²) in [6.07, 6.45) is 1.41. The molecule has 0 bridgehead atoms. The molecule has 9 nitrogen and oxygen atoms in total. The zero-order valence-corrected chi connectivity index (χ0v) is 16.3. The normalized spacial score (nSPS) is 12.1. The molecule has 0 radical (unpaired) electrons. The van der Waals surface area contributed by atoms with E-state index in [1.54, 1.807) is 48.5 Å². The number of primary amides is 1. The first-order valence-electron chi connectivity index (χ1n) is 8.88. The minimum Gasteiger partial charge on any atom is -0.459 e. The summed E-state index contributed by atoms with van der Waals surface area (Å²) in [6.45, 7) is 0.155. The summed E-state index contributed by atoms with van der Waals surface area (Å²) >= 11 is 5.39. The number of anilines is 3. The van der Waals surface area contributed by atoms with Gasteiger partial charge in [0.15, 0.2) is 5.76 Å². The monoisotopic (exact) mass is 423 g/mol. The lowest BCUT2D eigenvalue weighted by Crippen LogP contribution is -2.35. The number of furan rings is 1. The van der Waals surface area contributed by atoms with Crippen LogP contribution in [0.2, 0.25) is 0 Å². The van der Waals surface area contributed by atoms with Crippen LogP contribution >= 0.6 is 12.2 Å². The zero-order chi connectivity index (χ0) is 21.3. The van der Waals surface area contributed by atoms with E-state index in [0.29, 0.717) is 33.8 Å². The van der Waals surface area contributed by atoms with Crippen LogP contribution in [0.25, 0.3) is 11.1 Å². The van der Waals surface area contributed by atoms with Crippen LogP contribution in [0, 0.1) is 0 Å². The van der Waals surface area contributed by atoms with Gasteiger partial charge in [-0.1, -0.05) is 36.5 Å². The Balaban J connectivity index is 1.83. The summed E-state index contributed by atoms with van der Waals surface area (Å²) in [4.78, 5) is 24.0. The van der Waals surface area contributed by atoms with Crippen molar-refractivity contribution < 1.29 is 19.2 Å². The molecule has 3 aromatic rings. The van der Waals surface area contributed by atoms with Crippen molar-refractivity contribution in [3.05, 3.63) is 66.1 Å². The number of hydrogen-bond acceptors (Lipinski definition) is 7. The van der Waals surface area contributed by atoms with Crippen molar-refractivity contribution in [1.29, 1.82) is 0 Å². The van der Waals surface area contributed by atoms with Gasteiger partial charge in [0.05, 0.1) is 17.6 Å². The van der Waals surface area contributed by atoms with Gasteiger partial charge >= 0.3 is 6.03 Å². The lowest BCUT2D eigenvalue weighted by atomic mass is 9.95. The number of nitrogens with two attached hydrogens (primary N) is 1. The van der Waals surface area contributed by atoms with E-state index < -0.39 is 11.9 Å². The predicted octanol–water partition coefficient (Wildman–Crippen LogP) is 3.12. The van der Waals surface area contributed by atoms with E-state index in [4.69, 9.17) is 22.4 Å². The highest BCUT2D eigenvalue weighted by molar-refractivity contribution is 7.80. The van der Waals surface area contributed by atoms with Gasteiger partial charge in [-0.2, -0.15) is 0 Å². The maximum absolute atomic E-state index is 12.5. The van der Waals surface area contributed by atoms with Gasteiger partial charge in [-0.15, -0.1) is 0 Å². The van der Waals surface area contributed by atoms with Gasteiger partial charge in [-0.3, -0.25) is 15.3 Å². The molecule has 152 valence electrons. The van der Waals surface area contributed by atoms with Gasteiger partial charge in [0, 0.05) is 16.8 Å². The minimum absolute atomic E-state index is 0.0456. The van der Waals surface area contributed by atoms with Crippen molar-refractivity contribution in [2.45, 2.75) is 0 Å². The van der Waals surface area contributed by atoms with Crippen LogP contribution in [0.3, 0.4) is 0 Å². The molecule has 0 aliphatic carbocycles. The molecule has 0 saturated carbocycles. The van der Waals surface area contributed by atoms with Crippen LogP contribution in [0.1, 0.15) is 16.1 Å². The Morgan fingerprint density at radius 1 is 1.13 bits per heavy atom. The lowest BCUT2D eigenvalue weighted by molar-refractivity contribution is 0.0996. The van der Waals surface area contributed by atoms with E-state index in [-0.39, 0.29) is 17.4 Å². The largest absolute Gasteiger partial charge is 0.459 e. The number of urea groups is 1. The molecule has 10 heteroatoms. The van der Waals surface area contributed by atoms with E-state index in [2.05, 4.69) is 16.0 Å². The first kappa shape index (κ1) is 19.4. The molecule has 0 fully saturated rings. The average molecular weight is 423 g/mol. The molecule has 30 heavy (non-hydrogen) atoms. The summed E-state index contributed by atoms with van der Waals surface area (Å²) in [6, 6.07) is 13.0. The summed E-state index contributed by atoms with van der Waals surface area (Å²) in [5, 5.41) is 19.6. The van der Waals surface area contributed by atoms with Gasteiger partial charge in [-0.05, 0) is 29.8 Å². The third kappa shape index (κ3) is 3.56. The molecule has 0 unspecified atom stereocenters. The van der Waals surface area contributed by atoms with Crippen LogP contribution in [0.5, 0.6) is 0 Å². The third-order valence-corrected chi connectivity index (χ3v) is 4.84. The van der Waals surface area contributed by atoms with Gasteiger partial charge in [0.2, 0.25) is 0 Å². The van der Waals surface area contributed by atoms with Gasteiger partial charge in [0.1, 0.15) is 11.7 Å². The molecule has 6 N–H and O–H groups in total. The number of para-hydroxylation sites is 1. The molecular formula is C20H17N5O4S. The van der Waals surface area contributed by atoms with Crippen molar-refractivity contribution >= 4 is 46.2 Å². The van der Waals surface area contributed by atoms with Gasteiger partial charge < -0.3 is 20.8 Å². The summed E-state index contributed by atoms with van der Waals surface area (Å²) in [5.41, 5.74) is 8.41. The number of hydrogen-bond donors (Lipinski definition) is 5. The lowest BCUT2D eigenvalue weighted by Gasteiger charge is -2.20. The molecule has 0 saturated heterocycles. The molecule has 0 spiro atoms. The van der Waals surface area contributed by atoms with E-state index in [9.17, 15) is 14.8 Å². The standard InChI is InChI=1S/C20H17N5O4S/c21-20(27)24-19(30)16-12(7-8-14-17(16)25(28)10-22-14)11-4-1-2-5-13(11)23-18(26)15-6-3-9-29-15/h1-9,22,28H,10H2,(H,23,26)(H3,21,24,27,30). The van der Waals surface area contributed by atoms with Crippen molar-refractivity contribution in [3.63, 3.8) is 0 Å². The quantitative estimate of drug-likeness (QED) is 0.407. The van der Waals surface area contributed by atoms with Gasteiger partial charge in [0.25, 0.3) is 5.91 Å². The molecule has 4 rings (SSSR count). The minimum atomic E-state index is -0.821. The van der Waals surface area contributed by atoms with Crippen molar-refractivity contribution in [3.8, 4) is 11.1 Å². The summed E-state index contributed by atoms with van der Waals surface area (Å²) in [7, 11) is 0. The third-order valence-electron chi connectivity index (χ3n) is 4.53. The first-order valence-corrected chi connectivity index (χ1v) is 9.29. The maximum Gasteiger partial charge on any atom is 0.317 e. The maximum atomic E-state index is 12.5. The first-order chi connectivity index (χ1) is 14.5. The Morgan fingerprint density at radius 2 is 1.93 bits per heavy atom. The number of benzene rings is 2. The van der Waals surface area contributed by atoms with Gasteiger partial charge in [-0.25, -0.2) is 9.86 Å². The number of nitrogens with one attached hydrogen (secondary N) is 3. The molecule has 3 amide bonds. The smallest absolute Gasteiger partial charge is 0.317 e. The van der Waals surface area contributed by atoms with E-state index in [1.807, 2.05) is 0 Å². The average Bonchev–Trinajstić information content (AvgIpc) is 3.38. The number of carbonyl (C=O) groups excluding carboxylic acids is 2. The fourth-order valence-electron chi connectivity index (χ4n) is 3.29. The number of hydroxylamine groups is 1. The molecule has 2 aromatic carbocycles. The van der Waals surface area contributed by atoms with Crippen LogP contribution in [-0.2, 0) is 0 Å². The second kappa shape index (κ2) is 7.85. The number of amides is 3. The second-order valence-corrected chi connectivity index (χ2v) is 6.82. The van der Waals surface area contributed by atoms with Crippen LogP contribution < -0.4 is 26.7 Å². The van der Waals surface area contributed by atoms with E-state index in [0.717, 1.165) is 5.06 Å². The Bertz CT molecular complexity index is 1150. The zero-order valence-electron chi connectivity index (χ0n) is 15.5. The molecule has 1 aliphatic heterocycles. The Hall–Kier alpha value is -3.89. The van der Waals surface area contributed by atoms with Crippen molar-refractivity contribution in [2.75, 3.05) is 22.4 Å². The highest BCUT2D eigenvalue weighted by Crippen LogP contribution is 2.42.